The van der Waals surface area contributed by atoms with Gasteiger partial charge in [0.2, 0.25) is 5.91 Å². The van der Waals surface area contributed by atoms with Crippen molar-refractivity contribution in [3.63, 3.8) is 0 Å². The van der Waals surface area contributed by atoms with Crippen LogP contribution in [-0.4, -0.2) is 268 Å². The number of ether oxygens (including phenoxy) is 7. The van der Waals surface area contributed by atoms with Crippen LogP contribution in [0.2, 0.25) is 0 Å². The van der Waals surface area contributed by atoms with Gasteiger partial charge in [0.15, 0.2) is 0 Å². The normalized spacial score (nSPS) is 13.5. The van der Waals surface area contributed by atoms with Crippen LogP contribution in [0.25, 0.3) is 0 Å². The van der Waals surface area contributed by atoms with Crippen LogP contribution in [0.1, 0.15) is 59.3 Å². The Morgan fingerprint density at radius 2 is 0.604 bits per heavy atom. The van der Waals surface area contributed by atoms with E-state index >= 15 is 0 Å². The molecule has 0 fully saturated rings. The van der Waals surface area contributed by atoms with Crippen LogP contribution in [0.5, 0.6) is 0 Å². The highest BCUT2D eigenvalue weighted by atomic mass is 32.3. The number of amides is 1. The highest BCUT2D eigenvalue weighted by Gasteiger charge is 2.41. The summed E-state index contributed by atoms with van der Waals surface area (Å²) in [6.45, 7) is -1.62. The summed E-state index contributed by atoms with van der Waals surface area (Å²) in [5.74, 6) is -7.20. The van der Waals surface area contributed by atoms with Gasteiger partial charge < -0.3 is 101 Å². The summed E-state index contributed by atoms with van der Waals surface area (Å²) >= 11 is 6.18. The molecule has 1 unspecified atom stereocenters. The molecule has 0 aliphatic heterocycles. The first-order valence-corrected chi connectivity index (χ1v) is 44.9. The van der Waals surface area contributed by atoms with Crippen LogP contribution in [0.3, 0.4) is 0 Å². The highest BCUT2D eigenvalue weighted by molar-refractivity contribution is 8.19. The monoisotopic (exact) mass is 1550 g/mol. The van der Waals surface area contributed by atoms with Gasteiger partial charge in [-0.1, -0.05) is 6.92 Å². The van der Waals surface area contributed by atoms with Gasteiger partial charge in [0, 0.05) is 80.5 Å². The smallest absolute Gasteiger partial charge is 0.326 e. The average molecular weight is 1550 g/mol. The molecular weight excluding hydrogens is 1460 g/mol. The van der Waals surface area contributed by atoms with Gasteiger partial charge in [0.1, 0.15) is 39.6 Å². The maximum atomic E-state index is 13.5. The number of nitrogens with one attached hydrogen (secondary N) is 1. The van der Waals surface area contributed by atoms with E-state index in [-0.39, 0.29) is 108 Å². The SMILES string of the molecule is CC(CSCCC(=O)OCC(COCC(COC(=O)CCSCCP(=O)(O)O)(COC(=O)CCSCCP(=O)(O)O)COC(=O)CCSCCP(=O)(O)O)(COC(=O)CCSCCP(=O)(O)O)COC(=O)CCSCCP(=O)(O)O)C(=O)NC(C)(C)CS(O)(O)O. The first kappa shape index (κ1) is 90.3. The zero-order chi connectivity index (χ0) is 69.6. The number of carbonyl (C=O) groups excluding carboxylic acids is 7. The second kappa shape index (κ2) is 45.8. The highest BCUT2D eigenvalue weighted by Crippen LogP contribution is 2.39. The number of thioether (sulfide) groups is 6. The lowest BCUT2D eigenvalue weighted by Crippen LogP contribution is -2.49. The van der Waals surface area contributed by atoms with Crippen LogP contribution in [0.4, 0.5) is 0 Å². The van der Waals surface area contributed by atoms with Gasteiger partial charge in [-0.15, -0.1) is 0 Å². The number of rotatable bonds is 55. The van der Waals surface area contributed by atoms with Crippen molar-refractivity contribution in [1.82, 2.24) is 5.32 Å². The van der Waals surface area contributed by atoms with E-state index in [2.05, 4.69) is 5.32 Å². The lowest BCUT2D eigenvalue weighted by Gasteiger charge is -2.35. The lowest BCUT2D eigenvalue weighted by atomic mass is 9.90. The molecule has 14 N–H and O–H groups in total. The molecule has 0 heterocycles. The molecule has 33 nitrogen and oxygen atoms in total. The van der Waals surface area contributed by atoms with Gasteiger partial charge in [-0.05, 0) is 13.8 Å². The second-order valence-corrected chi connectivity index (χ2v) is 38.8. The Kier molecular flexibility index (Phi) is 45.5. The molecule has 536 valence electrons. The lowest BCUT2D eigenvalue weighted by molar-refractivity contribution is -0.175. The summed E-state index contributed by atoms with van der Waals surface area (Å²) in [5.41, 5.74) is -5.02. The van der Waals surface area contributed by atoms with Crippen LogP contribution >= 0.6 is 119 Å². The van der Waals surface area contributed by atoms with E-state index in [1.54, 1.807) is 6.92 Å². The van der Waals surface area contributed by atoms with Gasteiger partial charge >= 0.3 is 73.8 Å². The van der Waals surface area contributed by atoms with Crippen molar-refractivity contribution in [3.05, 3.63) is 0 Å². The van der Waals surface area contributed by atoms with Gasteiger partial charge in [-0.3, -0.25) is 56.4 Å². The maximum Gasteiger partial charge on any atom is 0.326 e. The van der Waals surface area contributed by atoms with Gasteiger partial charge in [0.25, 0.3) is 0 Å². The number of hydrogen-bond acceptors (Lipinski definition) is 28. The maximum absolute atomic E-state index is 13.5. The Hall–Kier alpha value is -0.670. The van der Waals surface area contributed by atoms with E-state index in [4.69, 9.17) is 33.2 Å². The summed E-state index contributed by atoms with van der Waals surface area (Å²) in [6, 6.07) is 0. The van der Waals surface area contributed by atoms with Gasteiger partial charge in [-0.25, -0.2) is 0 Å². The minimum absolute atomic E-state index is 0.000241. The summed E-state index contributed by atoms with van der Waals surface area (Å²) in [6.07, 6.45) is -4.52. The third-order valence-corrected chi connectivity index (χ3v) is 24.0. The van der Waals surface area contributed by atoms with Gasteiger partial charge in [-0.2, -0.15) is 70.6 Å². The topological polar surface area (TPSA) is 544 Å². The van der Waals surface area contributed by atoms with E-state index in [1.165, 1.54) is 13.8 Å². The molecule has 0 aromatic heterocycles. The minimum atomic E-state index is -4.38. The van der Waals surface area contributed by atoms with Crippen LogP contribution in [0.15, 0.2) is 0 Å². The molecule has 45 heteroatoms. The van der Waals surface area contributed by atoms with Crippen LogP contribution in [0, 0.1) is 16.7 Å². The summed E-state index contributed by atoms with van der Waals surface area (Å²) in [7, 11) is -25.8. The molecule has 0 rings (SSSR count). The van der Waals surface area contributed by atoms with Crippen molar-refractivity contribution in [2.24, 2.45) is 16.7 Å². The standard InChI is InChI=1S/C46H88NO32P5S7/c1-36(43(54)47-44(2,3)35-91(70,71)72)26-90-20-9-42(53)79-34-46(32-77-40(51)7-18-88-24-13-83(64,65)66,33-78-41(52)8-19-89-25-14-84(67,68)69)28-73-27-45(29-74-37(48)4-15-85-21-10-80(55,56)57,30-75-38(49)5-16-86-22-11-81(58,59)60)31-76-39(50)6-17-87-23-12-82(61,62)63/h36,70-72H,4-35H2,1-3H3,(H,47,54)(H2,55,56,57)(H2,58,59,60)(H2,61,62,63)(H2,64,65,66)(H2,67,68,69). The number of esters is 6. The fourth-order valence-corrected chi connectivity index (χ4v) is 18.4. The summed E-state index contributed by atoms with van der Waals surface area (Å²) in [5, 5.41) is 2.61. The van der Waals surface area contributed by atoms with E-state index in [0.717, 1.165) is 70.6 Å². The second-order valence-electron chi connectivity index (χ2n) is 21.1. The molecule has 0 saturated carbocycles. The van der Waals surface area contributed by atoms with Crippen molar-refractivity contribution in [2.75, 3.05) is 158 Å². The van der Waals surface area contributed by atoms with E-state index < -0.39 is 202 Å². The molecule has 0 aromatic rings. The molecule has 1 amide bonds. The first-order chi connectivity index (χ1) is 41.8. The molecule has 0 aliphatic rings. The summed E-state index contributed by atoms with van der Waals surface area (Å²) < 4.78 is 126. The van der Waals surface area contributed by atoms with Gasteiger partial charge in [0.05, 0.1) is 110 Å². The van der Waals surface area contributed by atoms with E-state index in [0.29, 0.717) is 0 Å². The van der Waals surface area contributed by atoms with Crippen molar-refractivity contribution in [1.29, 1.82) is 0 Å². The molecule has 0 radical (unpaired) electrons. The molecule has 0 aromatic carbocycles. The van der Waals surface area contributed by atoms with E-state index in [9.17, 15) is 119 Å². The zero-order valence-electron chi connectivity index (χ0n) is 50.4. The zero-order valence-corrected chi connectivity index (χ0v) is 60.6. The van der Waals surface area contributed by atoms with E-state index in [1.807, 2.05) is 0 Å². The fourth-order valence-electron chi connectivity index (χ4n) is 6.49. The third-order valence-electron chi connectivity index (χ3n) is 11.2. The minimum Gasteiger partial charge on any atom is -0.465 e. The van der Waals surface area contributed by atoms with Crippen molar-refractivity contribution >= 4 is 161 Å². The third kappa shape index (κ3) is 56.0. The molecule has 0 saturated heterocycles. The quantitative estimate of drug-likeness (QED) is 0.0179. The van der Waals surface area contributed by atoms with Crippen molar-refractivity contribution in [2.45, 2.75) is 64.8 Å². The van der Waals surface area contributed by atoms with Crippen molar-refractivity contribution < 1.29 is 152 Å². The number of hydrogen-bond donors (Lipinski definition) is 14. The Bertz CT molecular complexity index is 2310. The summed E-state index contributed by atoms with van der Waals surface area (Å²) in [4.78, 5) is 186. The molecule has 0 bridgehead atoms. The Balaban J connectivity index is 7.40. The van der Waals surface area contributed by atoms with Crippen LogP contribution in [-0.2, 0) is 89.5 Å². The Morgan fingerprint density at radius 3 is 0.813 bits per heavy atom. The number of carbonyl (C=O) groups is 7. The fraction of sp³-hybridized carbons (Fsp3) is 0.848. The predicted octanol–water partition coefficient (Wildman–Crippen LogP) is 3.62. The molecule has 0 spiro atoms. The molecule has 0 aliphatic carbocycles. The Labute approximate surface area is 555 Å². The first-order valence-electron chi connectivity index (χ1n) is 27.3. The molecule has 1 atom stereocenters. The van der Waals surface area contributed by atoms with Crippen molar-refractivity contribution in [3.8, 4) is 0 Å². The molecular formula is C46H88NO32P5S7. The predicted molar refractivity (Wildman–Crippen MR) is 349 cm³/mol. The Morgan fingerprint density at radius 1 is 0.385 bits per heavy atom. The largest absolute Gasteiger partial charge is 0.465 e. The van der Waals surface area contributed by atoms with Crippen LogP contribution < -0.4 is 5.32 Å². The molecule has 91 heavy (non-hydrogen) atoms. The average Bonchev–Trinajstić information content (AvgIpc) is 1.49.